The van der Waals surface area contributed by atoms with Crippen molar-refractivity contribution in [2.24, 2.45) is 62.6 Å². The maximum atomic E-state index is 11.9. The third-order valence-corrected chi connectivity index (χ3v) is 13.8. The van der Waals surface area contributed by atoms with Crippen molar-refractivity contribution in [3.8, 4) is 0 Å². The predicted molar refractivity (Wildman–Crippen MR) is 132 cm³/mol. The van der Waals surface area contributed by atoms with Gasteiger partial charge in [-0.2, -0.15) is 0 Å². The average Bonchev–Trinajstić information content (AvgIpc) is 3.17. The van der Waals surface area contributed by atoms with E-state index in [0.29, 0.717) is 47.0 Å². The van der Waals surface area contributed by atoms with Crippen LogP contribution < -0.4 is 0 Å². The topological polar surface area (TPSA) is 57.5 Å². The molecule has 0 bridgehead atoms. The Kier molecular flexibility index (Phi) is 5.55. The molecule has 0 spiro atoms. The van der Waals surface area contributed by atoms with Crippen LogP contribution in [0.25, 0.3) is 0 Å². The van der Waals surface area contributed by atoms with E-state index in [9.17, 15) is 15.0 Å². The molecule has 0 saturated heterocycles. The molecule has 5 aliphatic carbocycles. The minimum atomic E-state index is -0.171. The highest BCUT2D eigenvalue weighted by Gasteiger charge is 2.70. The van der Waals surface area contributed by atoms with Gasteiger partial charge in [0, 0.05) is 12.5 Å². The van der Waals surface area contributed by atoms with E-state index in [0.717, 1.165) is 32.1 Å². The van der Waals surface area contributed by atoms with Crippen LogP contribution in [0, 0.1) is 62.6 Å². The van der Waals surface area contributed by atoms with Crippen LogP contribution in [0.2, 0.25) is 0 Å². The van der Waals surface area contributed by atoms with Crippen LogP contribution in [-0.2, 0) is 4.79 Å². The van der Waals surface area contributed by atoms with Gasteiger partial charge in [0.25, 0.3) is 0 Å². The van der Waals surface area contributed by atoms with Crippen LogP contribution >= 0.6 is 0 Å². The molecular weight excluding hydrogens is 408 g/mol. The zero-order valence-corrected chi connectivity index (χ0v) is 22.2. The lowest BCUT2D eigenvalue weighted by Gasteiger charge is -2.73. The second kappa shape index (κ2) is 7.55. The first kappa shape index (κ1) is 24.3. The van der Waals surface area contributed by atoms with Crippen molar-refractivity contribution < 1.29 is 15.0 Å². The molecule has 0 aliphatic heterocycles. The van der Waals surface area contributed by atoms with Crippen LogP contribution in [0.4, 0.5) is 0 Å². The summed E-state index contributed by atoms with van der Waals surface area (Å²) in [5.74, 6) is 2.97. The lowest BCUT2D eigenvalue weighted by Crippen LogP contribution is -2.66. The Morgan fingerprint density at radius 2 is 1.58 bits per heavy atom. The highest BCUT2D eigenvalue weighted by molar-refractivity contribution is 5.53. The summed E-state index contributed by atoms with van der Waals surface area (Å²) in [6.07, 6.45) is 12.8. The number of aliphatic hydroxyl groups is 2. The summed E-state index contributed by atoms with van der Waals surface area (Å²) in [4.78, 5) is 11.9. The van der Waals surface area contributed by atoms with Gasteiger partial charge in [-0.3, -0.25) is 0 Å². The van der Waals surface area contributed by atoms with Gasteiger partial charge < -0.3 is 15.0 Å². The first-order chi connectivity index (χ1) is 15.4. The van der Waals surface area contributed by atoms with Gasteiger partial charge in [0.2, 0.25) is 0 Å². The van der Waals surface area contributed by atoms with Crippen LogP contribution in [0.15, 0.2) is 0 Å². The molecule has 5 fully saturated rings. The van der Waals surface area contributed by atoms with Gasteiger partial charge in [0.1, 0.15) is 6.29 Å². The van der Waals surface area contributed by atoms with Gasteiger partial charge in [-0.25, -0.2) is 0 Å². The van der Waals surface area contributed by atoms with E-state index < -0.39 is 0 Å². The summed E-state index contributed by atoms with van der Waals surface area (Å²) >= 11 is 0. The number of rotatable bonds is 3. The van der Waals surface area contributed by atoms with Crippen LogP contribution in [-0.4, -0.2) is 29.2 Å². The molecule has 0 heterocycles. The average molecular weight is 459 g/mol. The number of carbonyl (C=O) groups excluding carboxylic acids is 1. The fourth-order valence-corrected chi connectivity index (χ4v) is 11.7. The first-order valence-corrected chi connectivity index (χ1v) is 14.2. The Morgan fingerprint density at radius 1 is 0.848 bits per heavy atom. The van der Waals surface area contributed by atoms with E-state index >= 15 is 0 Å². The lowest BCUT2D eigenvalue weighted by atomic mass is 9.32. The van der Waals surface area contributed by atoms with Crippen molar-refractivity contribution in [2.45, 2.75) is 112 Å². The molecule has 33 heavy (non-hydrogen) atoms. The van der Waals surface area contributed by atoms with Gasteiger partial charge in [-0.15, -0.1) is 0 Å². The van der Waals surface area contributed by atoms with Gasteiger partial charge in [0.05, 0.1) is 6.10 Å². The Hall–Kier alpha value is -0.410. The van der Waals surface area contributed by atoms with Crippen LogP contribution in [0.1, 0.15) is 106 Å². The number of fused-ring (bicyclic) bond motifs is 7. The predicted octanol–water partition coefficient (Wildman–Crippen LogP) is 6.26. The number of aliphatic hydroxyl groups excluding tert-OH is 2. The molecule has 2 N–H and O–H groups in total. The summed E-state index contributed by atoms with van der Waals surface area (Å²) in [6.45, 7) is 14.9. The van der Waals surface area contributed by atoms with Gasteiger partial charge in [-0.05, 0) is 121 Å². The van der Waals surface area contributed by atoms with Gasteiger partial charge in [-0.1, -0.05) is 41.5 Å². The molecule has 5 rings (SSSR count). The Bertz CT molecular complexity index is 791. The Balaban J connectivity index is 1.54. The van der Waals surface area contributed by atoms with Gasteiger partial charge in [0.15, 0.2) is 0 Å². The minimum absolute atomic E-state index is 0.000626. The zero-order valence-electron chi connectivity index (χ0n) is 22.2. The van der Waals surface area contributed by atoms with Crippen molar-refractivity contribution in [3.63, 3.8) is 0 Å². The standard InChI is InChI=1S/C30H50O3/c1-19(17-31)20-9-14-30(18-32)16-15-28(5)21(25(20)30)7-8-23-27(4)12-11-24(33)26(2,3)22(27)10-13-29(23,28)6/h17,19-25,32-33H,7-16,18H2,1-6H3/t19?,20-,21+,22-,23?,24-,25+,27-,28+,29+,30+/m0/s1. The summed E-state index contributed by atoms with van der Waals surface area (Å²) in [6, 6.07) is 0. The molecule has 0 aromatic heterocycles. The number of carbonyl (C=O) groups is 1. The van der Waals surface area contributed by atoms with E-state index in [2.05, 4.69) is 41.5 Å². The third-order valence-electron chi connectivity index (χ3n) is 13.8. The lowest BCUT2D eigenvalue weighted by molar-refractivity contribution is -0.250. The molecule has 0 radical (unpaired) electrons. The Morgan fingerprint density at radius 3 is 2.24 bits per heavy atom. The second-order valence-corrected chi connectivity index (χ2v) is 14.8. The molecule has 3 nitrogen and oxygen atoms in total. The highest BCUT2D eigenvalue weighted by Crippen LogP contribution is 2.77. The monoisotopic (exact) mass is 458 g/mol. The van der Waals surface area contributed by atoms with Crippen molar-refractivity contribution in [1.82, 2.24) is 0 Å². The molecule has 5 aliphatic rings. The normalized spacial score (nSPS) is 56.1. The fraction of sp³-hybridized carbons (Fsp3) is 0.967. The second-order valence-electron chi connectivity index (χ2n) is 14.8. The molecule has 2 unspecified atom stereocenters. The largest absolute Gasteiger partial charge is 0.396 e. The van der Waals surface area contributed by atoms with Crippen molar-refractivity contribution in [1.29, 1.82) is 0 Å². The smallest absolute Gasteiger partial charge is 0.123 e. The molecule has 0 amide bonds. The number of hydrogen-bond acceptors (Lipinski definition) is 3. The van der Waals surface area contributed by atoms with Crippen molar-refractivity contribution >= 4 is 6.29 Å². The van der Waals surface area contributed by atoms with E-state index in [1.165, 1.54) is 38.4 Å². The summed E-state index contributed by atoms with van der Waals surface area (Å²) in [5.41, 5.74) is 0.936. The maximum absolute atomic E-state index is 11.9. The van der Waals surface area contributed by atoms with Gasteiger partial charge >= 0.3 is 0 Å². The van der Waals surface area contributed by atoms with Crippen LogP contribution in [0.5, 0.6) is 0 Å². The fourth-order valence-electron chi connectivity index (χ4n) is 11.7. The highest BCUT2D eigenvalue weighted by atomic mass is 16.3. The zero-order chi connectivity index (χ0) is 24.0. The first-order valence-electron chi connectivity index (χ1n) is 14.2. The molecule has 0 aromatic carbocycles. The molecule has 3 heteroatoms. The number of aldehydes is 1. The quantitative estimate of drug-likeness (QED) is 0.491. The number of hydrogen-bond donors (Lipinski definition) is 2. The Labute approximate surface area is 202 Å². The summed E-state index contributed by atoms with van der Waals surface area (Å²) < 4.78 is 0. The van der Waals surface area contributed by atoms with Crippen molar-refractivity contribution in [2.75, 3.05) is 6.61 Å². The SMILES string of the molecule is CC(C=O)[C@@H]1CC[C@]2(CO)CC[C@]3(C)[C@H](CCC4[C@@]5(C)CC[C@H](O)C(C)(C)[C@@H]5CC[C@]43C)[C@@H]12. The minimum Gasteiger partial charge on any atom is -0.396 e. The third kappa shape index (κ3) is 2.90. The molecule has 5 saturated carbocycles. The van der Waals surface area contributed by atoms with E-state index in [4.69, 9.17) is 0 Å². The summed E-state index contributed by atoms with van der Waals surface area (Å²) in [5, 5.41) is 21.6. The van der Waals surface area contributed by atoms with E-state index in [1.54, 1.807) is 0 Å². The molecular formula is C30H50O3. The molecule has 0 aromatic rings. The summed E-state index contributed by atoms with van der Waals surface area (Å²) in [7, 11) is 0. The molecule has 188 valence electrons. The molecule has 11 atom stereocenters. The van der Waals surface area contributed by atoms with Crippen LogP contribution in [0.3, 0.4) is 0 Å². The van der Waals surface area contributed by atoms with E-state index in [1.807, 2.05) is 0 Å². The maximum Gasteiger partial charge on any atom is 0.123 e. The van der Waals surface area contributed by atoms with Crippen molar-refractivity contribution in [3.05, 3.63) is 0 Å². The van der Waals surface area contributed by atoms with E-state index in [-0.39, 0.29) is 28.3 Å².